The lowest BCUT2D eigenvalue weighted by atomic mass is 10.2. The van der Waals surface area contributed by atoms with Gasteiger partial charge in [-0.2, -0.15) is 0 Å². The summed E-state index contributed by atoms with van der Waals surface area (Å²) in [4.78, 5) is 23.5. The van der Waals surface area contributed by atoms with Crippen molar-refractivity contribution in [2.24, 2.45) is 0 Å². The number of rotatable bonds is 4. The number of carboxylic acid groups (broad SMARTS) is 1. The molecule has 1 N–H and O–H groups in total. The number of nitrogens with zero attached hydrogens (tertiary/aromatic N) is 2. The number of halogens is 3. The molecule has 0 saturated heterocycles. The quantitative estimate of drug-likeness (QED) is 0.523. The minimum Gasteiger partial charge on any atom is -0.481 e. The Kier molecular flexibility index (Phi) is 4.05. The van der Waals surface area contributed by atoms with Gasteiger partial charge in [-0.25, -0.2) is 13.8 Å². The van der Waals surface area contributed by atoms with Crippen molar-refractivity contribution >= 4 is 27.6 Å². The zero-order valence-electron chi connectivity index (χ0n) is 8.06. The maximum Gasteiger partial charge on any atom is 0.309 e. The highest BCUT2D eigenvalue weighted by Gasteiger charge is 2.27. The van der Waals surface area contributed by atoms with Crippen LogP contribution in [-0.2, 0) is 11.2 Å². The Balaban J connectivity index is 3.35. The lowest BCUT2D eigenvalue weighted by molar-refractivity contribution is -0.386. The van der Waals surface area contributed by atoms with E-state index in [0.717, 1.165) is 6.07 Å². The van der Waals surface area contributed by atoms with Gasteiger partial charge in [0.2, 0.25) is 0 Å². The zero-order valence-corrected chi connectivity index (χ0v) is 9.65. The van der Waals surface area contributed by atoms with Crippen molar-refractivity contribution in [2.45, 2.75) is 12.8 Å². The summed E-state index contributed by atoms with van der Waals surface area (Å²) in [6, 6.07) is 0.736. The highest BCUT2D eigenvalue weighted by Crippen LogP contribution is 2.34. The molecule has 0 radical (unpaired) electrons. The number of carboxylic acids is 1. The molecule has 1 aromatic heterocycles. The van der Waals surface area contributed by atoms with Crippen LogP contribution in [0.4, 0.5) is 14.5 Å². The molecule has 92 valence electrons. The molecule has 0 aliphatic carbocycles. The van der Waals surface area contributed by atoms with Gasteiger partial charge in [0, 0.05) is 6.07 Å². The Morgan fingerprint density at radius 2 is 2.24 bits per heavy atom. The molecule has 1 aromatic rings. The largest absolute Gasteiger partial charge is 0.481 e. The van der Waals surface area contributed by atoms with E-state index in [1.807, 2.05) is 0 Å². The van der Waals surface area contributed by atoms with Gasteiger partial charge in [0.25, 0.3) is 12.1 Å². The molecule has 1 rings (SSSR count). The van der Waals surface area contributed by atoms with Crippen molar-refractivity contribution in [1.82, 2.24) is 4.98 Å². The Hall–Kier alpha value is -1.64. The van der Waals surface area contributed by atoms with Crippen molar-refractivity contribution in [2.75, 3.05) is 0 Å². The topological polar surface area (TPSA) is 93.3 Å². The molecule has 0 fully saturated rings. The fourth-order valence-electron chi connectivity index (χ4n) is 1.16. The summed E-state index contributed by atoms with van der Waals surface area (Å²) in [5.74, 6) is -1.26. The molecular weight excluding hydrogens is 306 g/mol. The smallest absolute Gasteiger partial charge is 0.309 e. The minimum atomic E-state index is -3.07. The van der Waals surface area contributed by atoms with Crippen LogP contribution in [0.15, 0.2) is 10.7 Å². The Morgan fingerprint density at radius 1 is 1.65 bits per heavy atom. The standard InChI is InChI=1S/C8H5BrF2N2O4/c9-7-6(8(10)11)4(13(16)17)1-3(12-7)2-5(14)15/h1,8H,2H2,(H,14,15). The van der Waals surface area contributed by atoms with Gasteiger partial charge in [0.15, 0.2) is 0 Å². The van der Waals surface area contributed by atoms with Crippen LogP contribution in [0.1, 0.15) is 17.7 Å². The number of aromatic nitrogens is 1. The molecule has 1 heterocycles. The third-order valence-corrected chi connectivity index (χ3v) is 2.40. The van der Waals surface area contributed by atoms with E-state index in [0.29, 0.717) is 0 Å². The van der Waals surface area contributed by atoms with Crippen LogP contribution in [0.3, 0.4) is 0 Å². The van der Waals surface area contributed by atoms with Gasteiger partial charge in [-0.1, -0.05) is 0 Å². The Morgan fingerprint density at radius 3 is 2.65 bits per heavy atom. The van der Waals surface area contributed by atoms with E-state index in [1.54, 1.807) is 0 Å². The number of hydrogen-bond donors (Lipinski definition) is 1. The lowest BCUT2D eigenvalue weighted by Crippen LogP contribution is -2.06. The van der Waals surface area contributed by atoms with E-state index < -0.39 is 39.6 Å². The zero-order chi connectivity index (χ0) is 13.2. The summed E-state index contributed by atoms with van der Waals surface area (Å²) >= 11 is 2.67. The molecule has 0 unspecified atom stereocenters. The van der Waals surface area contributed by atoms with E-state index in [2.05, 4.69) is 20.9 Å². The van der Waals surface area contributed by atoms with E-state index in [-0.39, 0.29) is 5.69 Å². The predicted octanol–water partition coefficient (Wildman–Crippen LogP) is 2.32. The average molecular weight is 311 g/mol. The normalized spacial score (nSPS) is 10.6. The molecule has 0 aliphatic heterocycles. The van der Waals surface area contributed by atoms with Crippen molar-refractivity contribution in [1.29, 1.82) is 0 Å². The molecule has 6 nitrogen and oxygen atoms in total. The Labute approximate surface area is 102 Å². The fourth-order valence-corrected chi connectivity index (χ4v) is 1.76. The second-order valence-electron chi connectivity index (χ2n) is 2.97. The monoisotopic (exact) mass is 310 g/mol. The van der Waals surface area contributed by atoms with Crippen LogP contribution < -0.4 is 0 Å². The fraction of sp³-hybridized carbons (Fsp3) is 0.250. The first-order chi connectivity index (χ1) is 7.82. The minimum absolute atomic E-state index is 0.166. The first-order valence-corrected chi connectivity index (χ1v) is 4.96. The molecule has 9 heteroatoms. The second kappa shape index (κ2) is 5.13. The molecule has 0 saturated carbocycles. The molecule has 0 atom stereocenters. The summed E-state index contributed by atoms with van der Waals surface area (Å²) in [7, 11) is 0. The molecule has 0 aliphatic rings. The van der Waals surface area contributed by atoms with Crippen molar-refractivity contribution in [3.8, 4) is 0 Å². The van der Waals surface area contributed by atoms with Gasteiger partial charge in [-0.15, -0.1) is 0 Å². The lowest BCUT2D eigenvalue weighted by Gasteiger charge is -2.05. The van der Waals surface area contributed by atoms with Crippen molar-refractivity contribution < 1.29 is 23.6 Å². The van der Waals surface area contributed by atoms with Crippen LogP contribution in [-0.4, -0.2) is 21.0 Å². The third kappa shape index (κ3) is 3.16. The maximum atomic E-state index is 12.6. The number of pyridine rings is 1. The first-order valence-electron chi connectivity index (χ1n) is 4.16. The number of alkyl halides is 2. The Bertz CT molecular complexity index is 481. The molecule has 17 heavy (non-hydrogen) atoms. The molecule has 0 aromatic carbocycles. The van der Waals surface area contributed by atoms with Gasteiger partial charge < -0.3 is 5.11 Å². The number of hydrogen-bond acceptors (Lipinski definition) is 4. The third-order valence-electron chi connectivity index (χ3n) is 1.79. The average Bonchev–Trinajstić information content (AvgIpc) is 2.14. The van der Waals surface area contributed by atoms with Gasteiger partial charge in [0.1, 0.15) is 10.2 Å². The van der Waals surface area contributed by atoms with Crippen molar-refractivity contribution in [3.63, 3.8) is 0 Å². The van der Waals surface area contributed by atoms with E-state index >= 15 is 0 Å². The summed E-state index contributed by atoms with van der Waals surface area (Å²) < 4.78 is 24.7. The van der Waals surface area contributed by atoms with E-state index in [1.165, 1.54) is 0 Å². The number of carbonyl (C=O) groups is 1. The summed E-state index contributed by atoms with van der Waals surface area (Å²) in [5.41, 5.74) is -1.87. The molecular formula is C8H5BrF2N2O4. The van der Waals surface area contributed by atoms with Gasteiger partial charge in [-0.05, 0) is 15.9 Å². The SMILES string of the molecule is O=C(O)Cc1cc([N+](=O)[O-])c(C(F)F)c(Br)n1. The summed E-state index contributed by atoms with van der Waals surface area (Å²) in [5, 5.41) is 19.1. The summed E-state index contributed by atoms with van der Waals surface area (Å²) in [6.07, 6.45) is -3.65. The highest BCUT2D eigenvalue weighted by molar-refractivity contribution is 9.10. The molecule has 0 spiro atoms. The van der Waals surface area contributed by atoms with E-state index in [4.69, 9.17) is 5.11 Å². The highest BCUT2D eigenvalue weighted by atomic mass is 79.9. The van der Waals surface area contributed by atoms with Crippen LogP contribution in [0.2, 0.25) is 0 Å². The van der Waals surface area contributed by atoms with Crippen LogP contribution in [0, 0.1) is 10.1 Å². The van der Waals surface area contributed by atoms with Gasteiger partial charge in [0.05, 0.1) is 17.0 Å². The maximum absolute atomic E-state index is 12.6. The van der Waals surface area contributed by atoms with E-state index in [9.17, 15) is 23.7 Å². The number of aliphatic carboxylic acids is 1. The van der Waals surface area contributed by atoms with Crippen LogP contribution in [0.5, 0.6) is 0 Å². The van der Waals surface area contributed by atoms with Gasteiger partial charge in [-0.3, -0.25) is 14.9 Å². The predicted molar refractivity (Wildman–Crippen MR) is 54.9 cm³/mol. The molecule has 0 amide bonds. The van der Waals surface area contributed by atoms with Gasteiger partial charge >= 0.3 is 5.97 Å². The summed E-state index contributed by atoms with van der Waals surface area (Å²) in [6.45, 7) is 0. The van der Waals surface area contributed by atoms with Crippen LogP contribution in [0.25, 0.3) is 0 Å². The van der Waals surface area contributed by atoms with Crippen molar-refractivity contribution in [3.05, 3.63) is 32.0 Å². The second-order valence-corrected chi connectivity index (χ2v) is 3.72. The van der Waals surface area contributed by atoms with Crippen LogP contribution >= 0.6 is 15.9 Å². The number of nitro groups is 1. The first kappa shape index (κ1) is 13.4. The molecule has 0 bridgehead atoms.